The standard InChI is InChI=1S/C28H54N4O10.C3H6.C2H6/c1-23(2)25(33)20-40-17-14-38-12-9-31-27(35)22-42-19-16-39-13-10-32-28(36)21-41-18-15-37-11-8-30-26(34)6-5-7-29-24(3)4;1-3-2;1-2/h23-24,29H,5-22H2,1-4H3,(H,30,34)(H,31,35)(H,32,36);3H,1H2,2H3;1-2H3. The summed E-state index contributed by atoms with van der Waals surface area (Å²) in [6.45, 7) is 21.7. The lowest BCUT2D eigenvalue weighted by Crippen LogP contribution is -2.32. The summed E-state index contributed by atoms with van der Waals surface area (Å²) in [4.78, 5) is 46.5. The molecule has 0 heterocycles. The summed E-state index contributed by atoms with van der Waals surface area (Å²) in [5.41, 5.74) is 0. The molecule has 0 fully saturated rings. The number of carbonyl (C=O) groups excluding carboxylic acids is 4. The van der Waals surface area contributed by atoms with Crippen LogP contribution in [0.25, 0.3) is 0 Å². The van der Waals surface area contributed by atoms with Gasteiger partial charge in [0.25, 0.3) is 0 Å². The van der Waals surface area contributed by atoms with Crippen LogP contribution >= 0.6 is 0 Å². The first-order chi connectivity index (χ1) is 22.6. The van der Waals surface area contributed by atoms with Crippen molar-refractivity contribution in [2.45, 2.75) is 67.3 Å². The smallest absolute Gasteiger partial charge is 0.246 e. The van der Waals surface area contributed by atoms with E-state index in [1.807, 2.05) is 34.6 Å². The molecule has 0 aliphatic rings. The van der Waals surface area contributed by atoms with Crippen LogP contribution in [0.2, 0.25) is 0 Å². The molecule has 14 heteroatoms. The molecular weight excluding hydrogens is 612 g/mol. The number of ketones is 1. The summed E-state index contributed by atoms with van der Waals surface area (Å²) in [5, 5.41) is 11.4. The molecule has 0 saturated heterocycles. The molecule has 0 spiro atoms. The Balaban J connectivity index is -0.00000364. The topological polar surface area (TPSA) is 172 Å². The van der Waals surface area contributed by atoms with Crippen LogP contribution in [0, 0.1) is 5.92 Å². The van der Waals surface area contributed by atoms with Crippen molar-refractivity contribution in [3.63, 3.8) is 0 Å². The third-order valence-corrected chi connectivity index (χ3v) is 5.31. The first-order valence-electron chi connectivity index (χ1n) is 16.7. The van der Waals surface area contributed by atoms with E-state index in [9.17, 15) is 19.2 Å². The predicted octanol–water partition coefficient (Wildman–Crippen LogP) is 1.66. The van der Waals surface area contributed by atoms with Crippen molar-refractivity contribution in [1.82, 2.24) is 21.3 Å². The molecule has 0 unspecified atom stereocenters. The molecule has 0 bridgehead atoms. The van der Waals surface area contributed by atoms with E-state index in [0.29, 0.717) is 71.7 Å². The molecule has 0 aromatic heterocycles. The van der Waals surface area contributed by atoms with Crippen LogP contribution in [0.4, 0.5) is 0 Å². The number of hydrogen-bond acceptors (Lipinski definition) is 11. The Morgan fingerprint density at radius 1 is 0.574 bits per heavy atom. The van der Waals surface area contributed by atoms with E-state index in [-0.39, 0.29) is 69.1 Å². The Morgan fingerprint density at radius 3 is 1.32 bits per heavy atom. The molecule has 0 aromatic rings. The molecule has 0 aliphatic carbocycles. The number of carbonyl (C=O) groups is 4. The van der Waals surface area contributed by atoms with Crippen molar-refractivity contribution in [3.8, 4) is 0 Å². The third-order valence-electron chi connectivity index (χ3n) is 5.31. The molecule has 0 aromatic carbocycles. The van der Waals surface area contributed by atoms with Gasteiger partial charge in [0.05, 0.1) is 59.5 Å². The zero-order valence-corrected chi connectivity index (χ0v) is 30.2. The van der Waals surface area contributed by atoms with Crippen molar-refractivity contribution in [3.05, 3.63) is 12.7 Å². The number of amides is 3. The zero-order valence-electron chi connectivity index (χ0n) is 30.2. The average Bonchev–Trinajstić information content (AvgIpc) is 3.04. The first kappa shape index (κ1) is 48.9. The summed E-state index contributed by atoms with van der Waals surface area (Å²) in [5.74, 6) is -0.507. The van der Waals surface area contributed by atoms with Crippen LogP contribution in [0.5, 0.6) is 0 Å². The highest BCUT2D eigenvalue weighted by Gasteiger charge is 2.07. The van der Waals surface area contributed by atoms with Gasteiger partial charge in [-0.05, 0) is 19.9 Å². The molecule has 0 saturated carbocycles. The van der Waals surface area contributed by atoms with Crippen LogP contribution in [-0.2, 0) is 47.6 Å². The Labute approximate surface area is 283 Å². The van der Waals surface area contributed by atoms with Crippen LogP contribution in [0.1, 0.15) is 61.3 Å². The Bertz CT molecular complexity index is 755. The monoisotopic (exact) mass is 678 g/mol. The number of Topliss-reactive ketones (excluding diaryl/α,β-unsaturated/α-hetero) is 1. The van der Waals surface area contributed by atoms with Crippen molar-refractivity contribution in [1.29, 1.82) is 0 Å². The van der Waals surface area contributed by atoms with Crippen LogP contribution in [-0.4, -0.2) is 135 Å². The largest absolute Gasteiger partial charge is 0.377 e. The van der Waals surface area contributed by atoms with Gasteiger partial charge in [-0.3, -0.25) is 19.2 Å². The van der Waals surface area contributed by atoms with Gasteiger partial charge in [-0.15, -0.1) is 6.58 Å². The van der Waals surface area contributed by atoms with Gasteiger partial charge in [0.2, 0.25) is 17.7 Å². The Kier molecular flexibility index (Phi) is 41.4. The normalized spacial score (nSPS) is 10.4. The first-order valence-corrected chi connectivity index (χ1v) is 16.7. The maximum absolute atomic E-state index is 11.7. The highest BCUT2D eigenvalue weighted by molar-refractivity contribution is 5.81. The van der Waals surface area contributed by atoms with E-state index in [2.05, 4.69) is 41.7 Å². The van der Waals surface area contributed by atoms with Crippen molar-refractivity contribution in [2.75, 3.05) is 105 Å². The molecular formula is C33H66N4O10. The summed E-state index contributed by atoms with van der Waals surface area (Å²) in [6, 6.07) is 0.417. The lowest BCUT2D eigenvalue weighted by atomic mass is 10.1. The highest BCUT2D eigenvalue weighted by Crippen LogP contribution is 1.94. The van der Waals surface area contributed by atoms with E-state index < -0.39 is 0 Å². The fourth-order valence-electron chi connectivity index (χ4n) is 2.95. The lowest BCUT2D eigenvalue weighted by Gasteiger charge is -2.09. The van der Waals surface area contributed by atoms with Crippen LogP contribution < -0.4 is 21.3 Å². The van der Waals surface area contributed by atoms with Crippen LogP contribution in [0.3, 0.4) is 0 Å². The van der Waals surface area contributed by atoms with Gasteiger partial charge in [0.1, 0.15) is 19.8 Å². The average molecular weight is 679 g/mol. The van der Waals surface area contributed by atoms with E-state index in [1.165, 1.54) is 0 Å². The second kappa shape index (κ2) is 39.7. The molecule has 0 atom stereocenters. The minimum atomic E-state index is -0.261. The van der Waals surface area contributed by atoms with Crippen molar-refractivity contribution < 1.29 is 47.6 Å². The van der Waals surface area contributed by atoms with E-state index in [4.69, 9.17) is 28.4 Å². The van der Waals surface area contributed by atoms with Crippen molar-refractivity contribution in [2.24, 2.45) is 5.92 Å². The van der Waals surface area contributed by atoms with E-state index >= 15 is 0 Å². The summed E-state index contributed by atoms with van der Waals surface area (Å²) in [6.07, 6.45) is 3.03. The predicted molar refractivity (Wildman–Crippen MR) is 183 cm³/mol. The molecule has 47 heavy (non-hydrogen) atoms. The van der Waals surface area contributed by atoms with Gasteiger partial charge in [-0.25, -0.2) is 0 Å². The maximum atomic E-state index is 11.7. The number of allylic oxidation sites excluding steroid dienone is 1. The van der Waals surface area contributed by atoms with E-state index in [0.717, 1.165) is 13.0 Å². The summed E-state index contributed by atoms with van der Waals surface area (Å²) >= 11 is 0. The third kappa shape index (κ3) is 43.5. The number of ether oxygens (including phenoxy) is 6. The maximum Gasteiger partial charge on any atom is 0.246 e. The quantitative estimate of drug-likeness (QED) is 0.0643. The number of hydrogen-bond donors (Lipinski definition) is 4. The van der Waals surface area contributed by atoms with Crippen molar-refractivity contribution >= 4 is 23.5 Å². The highest BCUT2D eigenvalue weighted by atomic mass is 16.5. The Morgan fingerprint density at radius 2 is 0.936 bits per heavy atom. The molecule has 0 aliphatic heterocycles. The minimum absolute atomic E-state index is 0.00558. The second-order valence-electron chi connectivity index (χ2n) is 10.3. The minimum Gasteiger partial charge on any atom is -0.377 e. The molecule has 0 rings (SSSR count). The lowest BCUT2D eigenvalue weighted by molar-refractivity contribution is -0.128. The summed E-state index contributed by atoms with van der Waals surface area (Å²) in [7, 11) is 0. The number of rotatable bonds is 30. The van der Waals surface area contributed by atoms with Gasteiger partial charge in [0, 0.05) is 38.0 Å². The summed E-state index contributed by atoms with van der Waals surface area (Å²) < 4.78 is 31.8. The molecule has 4 N–H and O–H groups in total. The zero-order chi connectivity index (χ0) is 36.0. The fourth-order valence-corrected chi connectivity index (χ4v) is 2.95. The van der Waals surface area contributed by atoms with Gasteiger partial charge in [0.15, 0.2) is 5.78 Å². The molecule has 0 radical (unpaired) electrons. The second-order valence-corrected chi connectivity index (χ2v) is 10.3. The van der Waals surface area contributed by atoms with Gasteiger partial charge >= 0.3 is 0 Å². The van der Waals surface area contributed by atoms with Gasteiger partial charge < -0.3 is 49.7 Å². The number of nitrogens with one attached hydrogen (secondary N) is 4. The van der Waals surface area contributed by atoms with E-state index in [1.54, 1.807) is 6.08 Å². The molecule has 14 nitrogen and oxygen atoms in total. The van der Waals surface area contributed by atoms with Gasteiger partial charge in [-0.1, -0.05) is 47.6 Å². The SMILES string of the molecule is C=CC.CC.CC(C)NCCCC(=O)NCCOCCOCC(=O)NCCOCCOCC(=O)NCCOCCOCC(=O)C(C)C. The fraction of sp³-hybridized carbons (Fsp3) is 0.818. The molecule has 3 amide bonds. The Hall–Kier alpha value is -2.46. The van der Waals surface area contributed by atoms with Gasteiger partial charge in [-0.2, -0.15) is 0 Å². The van der Waals surface area contributed by atoms with Crippen LogP contribution in [0.15, 0.2) is 12.7 Å². The molecule has 278 valence electrons.